The van der Waals surface area contributed by atoms with Gasteiger partial charge < -0.3 is 4.74 Å². The van der Waals surface area contributed by atoms with Crippen LogP contribution in [-0.2, 0) is 4.74 Å². The zero-order valence-electron chi connectivity index (χ0n) is 8.23. The molecule has 1 atom stereocenters. The minimum Gasteiger partial charge on any atom is -0.358 e. The second-order valence-corrected chi connectivity index (χ2v) is 4.27. The number of imidazole rings is 1. The van der Waals surface area contributed by atoms with Gasteiger partial charge in [0.05, 0.1) is 6.33 Å². The molecule has 0 aliphatic carbocycles. The van der Waals surface area contributed by atoms with Crippen LogP contribution < -0.4 is 0 Å². The maximum Gasteiger partial charge on any atom is 0.225 e. The predicted octanol–water partition coefficient (Wildman–Crippen LogP) is 2.44. The standard InChI is InChI=1S/C9H8Cl2N4O/c10-7-6-8(14-9(11)13-7)15(4-12-6)5-2-1-3-16-5/h4-5H,1-3H2. The van der Waals surface area contributed by atoms with Crippen molar-refractivity contribution in [3.63, 3.8) is 0 Å². The highest BCUT2D eigenvalue weighted by atomic mass is 35.5. The molecule has 84 valence electrons. The summed E-state index contributed by atoms with van der Waals surface area (Å²) in [7, 11) is 0. The highest BCUT2D eigenvalue weighted by Crippen LogP contribution is 2.28. The van der Waals surface area contributed by atoms with E-state index in [9.17, 15) is 0 Å². The van der Waals surface area contributed by atoms with E-state index in [2.05, 4.69) is 15.0 Å². The molecular weight excluding hydrogens is 251 g/mol. The molecule has 0 saturated carbocycles. The van der Waals surface area contributed by atoms with Crippen molar-refractivity contribution in [2.24, 2.45) is 0 Å². The molecule has 2 aromatic heterocycles. The smallest absolute Gasteiger partial charge is 0.225 e. The van der Waals surface area contributed by atoms with Gasteiger partial charge >= 0.3 is 0 Å². The number of hydrogen-bond donors (Lipinski definition) is 0. The van der Waals surface area contributed by atoms with Crippen LogP contribution in [0.15, 0.2) is 6.33 Å². The van der Waals surface area contributed by atoms with E-state index in [0.717, 1.165) is 19.4 Å². The molecule has 3 rings (SSSR count). The first-order chi connectivity index (χ1) is 7.75. The number of hydrogen-bond acceptors (Lipinski definition) is 4. The summed E-state index contributed by atoms with van der Waals surface area (Å²) < 4.78 is 7.41. The van der Waals surface area contributed by atoms with E-state index in [1.54, 1.807) is 6.33 Å². The molecule has 7 heteroatoms. The lowest BCUT2D eigenvalue weighted by Crippen LogP contribution is -2.06. The molecule has 5 nitrogen and oxygen atoms in total. The van der Waals surface area contributed by atoms with Crippen LogP contribution in [0.2, 0.25) is 10.4 Å². The Hall–Kier alpha value is -0.910. The van der Waals surface area contributed by atoms with E-state index >= 15 is 0 Å². The zero-order chi connectivity index (χ0) is 11.1. The summed E-state index contributed by atoms with van der Waals surface area (Å²) in [5.41, 5.74) is 1.18. The van der Waals surface area contributed by atoms with Crippen LogP contribution >= 0.6 is 23.2 Å². The van der Waals surface area contributed by atoms with Crippen LogP contribution in [0, 0.1) is 0 Å². The van der Waals surface area contributed by atoms with Crippen LogP contribution in [0.5, 0.6) is 0 Å². The van der Waals surface area contributed by atoms with Crippen LogP contribution in [0.25, 0.3) is 11.2 Å². The van der Waals surface area contributed by atoms with Crippen LogP contribution in [-0.4, -0.2) is 26.1 Å². The van der Waals surface area contributed by atoms with Crippen molar-refractivity contribution >= 4 is 34.4 Å². The van der Waals surface area contributed by atoms with Crippen molar-refractivity contribution in [3.8, 4) is 0 Å². The monoisotopic (exact) mass is 258 g/mol. The molecule has 0 N–H and O–H groups in total. The van der Waals surface area contributed by atoms with Crippen molar-refractivity contribution in [1.29, 1.82) is 0 Å². The SMILES string of the molecule is Clc1nc(Cl)c2ncn(C3CCCO3)c2n1. The lowest BCUT2D eigenvalue weighted by Gasteiger charge is -2.11. The first-order valence-electron chi connectivity index (χ1n) is 4.93. The molecular formula is C9H8Cl2N4O. The summed E-state index contributed by atoms with van der Waals surface area (Å²) in [6, 6.07) is 0. The first kappa shape index (κ1) is 10.3. The normalized spacial score (nSPS) is 20.8. The van der Waals surface area contributed by atoms with E-state index in [0.29, 0.717) is 11.2 Å². The van der Waals surface area contributed by atoms with Gasteiger partial charge in [-0.1, -0.05) is 11.6 Å². The molecule has 1 fully saturated rings. The number of aromatic nitrogens is 4. The average Bonchev–Trinajstić information content (AvgIpc) is 2.83. The van der Waals surface area contributed by atoms with E-state index in [-0.39, 0.29) is 16.7 Å². The van der Waals surface area contributed by atoms with Gasteiger partial charge in [0.2, 0.25) is 5.28 Å². The third-order valence-electron chi connectivity index (χ3n) is 2.57. The van der Waals surface area contributed by atoms with Crippen molar-refractivity contribution in [1.82, 2.24) is 19.5 Å². The lowest BCUT2D eigenvalue weighted by molar-refractivity contribution is 0.0593. The Morgan fingerprint density at radius 3 is 3.00 bits per heavy atom. The van der Waals surface area contributed by atoms with Gasteiger partial charge in [-0.05, 0) is 24.4 Å². The third kappa shape index (κ3) is 1.55. The highest BCUT2D eigenvalue weighted by Gasteiger charge is 2.21. The number of nitrogens with zero attached hydrogens (tertiary/aromatic N) is 4. The Labute approximate surface area is 101 Å². The second-order valence-electron chi connectivity index (χ2n) is 3.58. The fourth-order valence-corrected chi connectivity index (χ4v) is 2.27. The summed E-state index contributed by atoms with van der Waals surface area (Å²) in [6.45, 7) is 0.761. The van der Waals surface area contributed by atoms with Crippen molar-refractivity contribution in [3.05, 3.63) is 16.8 Å². The van der Waals surface area contributed by atoms with Gasteiger partial charge in [0.25, 0.3) is 0 Å². The van der Waals surface area contributed by atoms with Gasteiger partial charge in [-0.2, -0.15) is 4.98 Å². The van der Waals surface area contributed by atoms with Gasteiger partial charge in [-0.25, -0.2) is 9.97 Å². The van der Waals surface area contributed by atoms with E-state index < -0.39 is 0 Å². The molecule has 16 heavy (non-hydrogen) atoms. The maximum atomic E-state index is 5.93. The molecule has 1 saturated heterocycles. The maximum absolute atomic E-state index is 5.93. The van der Waals surface area contributed by atoms with Gasteiger partial charge in [0.15, 0.2) is 10.8 Å². The summed E-state index contributed by atoms with van der Waals surface area (Å²) in [6.07, 6.45) is 3.63. The van der Waals surface area contributed by atoms with E-state index in [4.69, 9.17) is 27.9 Å². The fraction of sp³-hybridized carbons (Fsp3) is 0.444. The molecule has 0 radical (unpaired) electrons. The Balaban J connectivity index is 2.18. The summed E-state index contributed by atoms with van der Waals surface area (Å²) >= 11 is 11.7. The summed E-state index contributed by atoms with van der Waals surface area (Å²) in [5, 5.41) is 0.393. The third-order valence-corrected chi connectivity index (χ3v) is 3.00. The second kappa shape index (κ2) is 3.84. The number of rotatable bonds is 1. The first-order valence-corrected chi connectivity index (χ1v) is 5.68. The summed E-state index contributed by atoms with van der Waals surface area (Å²) in [5.74, 6) is 0. The van der Waals surface area contributed by atoms with Crippen molar-refractivity contribution < 1.29 is 4.74 Å². The molecule has 0 bridgehead atoms. The predicted molar refractivity (Wildman–Crippen MR) is 59.6 cm³/mol. The highest BCUT2D eigenvalue weighted by molar-refractivity contribution is 6.35. The molecule has 0 amide bonds. The number of ether oxygens (including phenoxy) is 1. The minimum absolute atomic E-state index is 0.0213. The van der Waals surface area contributed by atoms with E-state index in [1.165, 1.54) is 0 Å². The molecule has 3 heterocycles. The van der Waals surface area contributed by atoms with Gasteiger partial charge in [0, 0.05) is 6.61 Å². The number of fused-ring (bicyclic) bond motifs is 1. The van der Waals surface area contributed by atoms with Crippen LogP contribution in [0.1, 0.15) is 19.1 Å². The molecule has 1 aliphatic rings. The minimum atomic E-state index is -0.0213. The van der Waals surface area contributed by atoms with Crippen LogP contribution in [0.3, 0.4) is 0 Å². The Bertz CT molecular complexity index is 536. The van der Waals surface area contributed by atoms with E-state index in [1.807, 2.05) is 4.57 Å². The Kier molecular flexibility index (Phi) is 2.46. The fourth-order valence-electron chi connectivity index (χ4n) is 1.85. The van der Waals surface area contributed by atoms with Crippen molar-refractivity contribution in [2.45, 2.75) is 19.1 Å². The molecule has 0 aromatic carbocycles. The molecule has 2 aromatic rings. The van der Waals surface area contributed by atoms with Crippen LogP contribution in [0.4, 0.5) is 0 Å². The van der Waals surface area contributed by atoms with Gasteiger partial charge in [-0.15, -0.1) is 0 Å². The number of halogens is 2. The van der Waals surface area contributed by atoms with Gasteiger partial charge in [-0.3, -0.25) is 4.57 Å². The zero-order valence-corrected chi connectivity index (χ0v) is 9.74. The average molecular weight is 259 g/mol. The quantitative estimate of drug-likeness (QED) is 0.583. The van der Waals surface area contributed by atoms with Crippen molar-refractivity contribution in [2.75, 3.05) is 6.61 Å². The molecule has 1 aliphatic heterocycles. The lowest BCUT2D eigenvalue weighted by atomic mass is 10.3. The van der Waals surface area contributed by atoms with Gasteiger partial charge in [0.1, 0.15) is 11.7 Å². The topological polar surface area (TPSA) is 52.8 Å². The summed E-state index contributed by atoms with van der Waals surface area (Å²) in [4.78, 5) is 12.1. The Morgan fingerprint density at radius 1 is 1.38 bits per heavy atom. The largest absolute Gasteiger partial charge is 0.358 e. The molecule has 1 unspecified atom stereocenters. The Morgan fingerprint density at radius 2 is 2.25 bits per heavy atom. The molecule has 0 spiro atoms.